The van der Waals surface area contributed by atoms with Crippen LogP contribution in [0.5, 0.6) is 0 Å². The Balaban J connectivity index is 1.59. The van der Waals surface area contributed by atoms with Crippen LogP contribution < -0.4 is 4.90 Å². The number of aromatic nitrogens is 4. The molecule has 1 aliphatic carbocycles. The van der Waals surface area contributed by atoms with E-state index >= 15 is 0 Å². The maximum absolute atomic E-state index is 5.57. The van der Waals surface area contributed by atoms with Crippen molar-refractivity contribution in [3.63, 3.8) is 0 Å². The zero-order valence-corrected chi connectivity index (χ0v) is 18.9. The average Bonchev–Trinajstić information content (AvgIpc) is 3.55. The van der Waals surface area contributed by atoms with Gasteiger partial charge in [-0.1, -0.05) is 0 Å². The predicted octanol–water partition coefficient (Wildman–Crippen LogP) is 3.78. The van der Waals surface area contributed by atoms with Crippen LogP contribution in [0.4, 0.5) is 5.69 Å². The number of morpholine rings is 1. The summed E-state index contributed by atoms with van der Waals surface area (Å²) < 4.78 is 13.2. The van der Waals surface area contributed by atoms with Crippen molar-refractivity contribution >= 4 is 11.3 Å². The van der Waals surface area contributed by atoms with E-state index < -0.39 is 0 Å². The van der Waals surface area contributed by atoms with Crippen LogP contribution in [-0.4, -0.2) is 58.6 Å². The summed E-state index contributed by atoms with van der Waals surface area (Å²) in [5.41, 5.74) is 7.17. The van der Waals surface area contributed by atoms with Crippen molar-refractivity contribution in [1.29, 1.82) is 0 Å². The number of nitrogens with zero attached hydrogens (tertiary/aromatic N) is 5. The summed E-state index contributed by atoms with van der Waals surface area (Å²) >= 11 is 0. The number of hydrogen-bond donors (Lipinski definition) is 0. The quantitative estimate of drug-likeness (QED) is 0.604. The Morgan fingerprint density at radius 2 is 1.97 bits per heavy atom. The molecule has 0 atom stereocenters. The first-order chi connectivity index (χ1) is 14.9. The second-order valence-electron chi connectivity index (χ2n) is 9.30. The van der Waals surface area contributed by atoms with Crippen LogP contribution in [0.3, 0.4) is 0 Å². The fourth-order valence-electron chi connectivity index (χ4n) is 4.27. The number of ether oxygens (including phenoxy) is 2. The third kappa shape index (κ3) is 4.04. The van der Waals surface area contributed by atoms with Crippen molar-refractivity contribution in [2.75, 3.05) is 38.3 Å². The fraction of sp³-hybridized carbons (Fsp3) is 0.542. The lowest BCUT2D eigenvalue weighted by Crippen LogP contribution is -2.36. The van der Waals surface area contributed by atoms with Gasteiger partial charge in [-0.05, 0) is 51.8 Å². The van der Waals surface area contributed by atoms with Crippen molar-refractivity contribution < 1.29 is 9.47 Å². The summed E-state index contributed by atoms with van der Waals surface area (Å²) in [7, 11) is 1.74. The normalized spacial score (nSPS) is 17.5. The molecule has 0 unspecified atom stereocenters. The number of hydrogen-bond acceptors (Lipinski definition) is 6. The average molecular weight is 422 g/mol. The van der Waals surface area contributed by atoms with Crippen LogP contribution in [0, 0.1) is 6.92 Å². The lowest BCUT2D eigenvalue weighted by atomic mass is 10.0. The molecule has 0 radical (unpaired) electrons. The molecule has 0 amide bonds. The Kier molecular flexibility index (Phi) is 5.18. The van der Waals surface area contributed by atoms with E-state index in [-0.39, 0.29) is 5.60 Å². The Hall–Kier alpha value is -2.51. The van der Waals surface area contributed by atoms with Crippen molar-refractivity contribution in [2.24, 2.45) is 0 Å². The van der Waals surface area contributed by atoms with Gasteiger partial charge in [-0.2, -0.15) is 5.10 Å². The number of anilines is 1. The number of fused-ring (bicyclic) bond motifs is 1. The van der Waals surface area contributed by atoms with Crippen LogP contribution in [0.2, 0.25) is 0 Å². The summed E-state index contributed by atoms with van der Waals surface area (Å²) in [5.74, 6) is 0.515. The smallest absolute Gasteiger partial charge is 0.178 e. The maximum Gasteiger partial charge on any atom is 0.178 e. The van der Waals surface area contributed by atoms with Gasteiger partial charge in [-0.25, -0.2) is 9.50 Å². The highest BCUT2D eigenvalue weighted by molar-refractivity contribution is 5.76. The second-order valence-corrected chi connectivity index (χ2v) is 9.30. The molecule has 2 fully saturated rings. The molecule has 4 heterocycles. The SMILES string of the molecule is COC(C)(C)Cc1ccc(-c2c(C3CC3)nc3c(N4CCOCC4)cc(C)nn23)cn1. The highest BCUT2D eigenvalue weighted by Crippen LogP contribution is 2.45. The third-order valence-electron chi connectivity index (χ3n) is 6.29. The molecule has 1 saturated carbocycles. The Morgan fingerprint density at radius 3 is 2.61 bits per heavy atom. The van der Waals surface area contributed by atoms with Gasteiger partial charge in [0.05, 0.1) is 41.6 Å². The lowest BCUT2D eigenvalue weighted by Gasteiger charge is -2.29. The monoisotopic (exact) mass is 421 g/mol. The first kappa shape index (κ1) is 20.4. The Labute approximate surface area is 183 Å². The molecule has 1 aliphatic heterocycles. The van der Waals surface area contributed by atoms with Crippen molar-refractivity contribution in [1.82, 2.24) is 19.6 Å². The zero-order valence-electron chi connectivity index (χ0n) is 18.9. The minimum absolute atomic E-state index is 0.233. The van der Waals surface area contributed by atoms with E-state index in [1.807, 2.05) is 10.7 Å². The van der Waals surface area contributed by atoms with Gasteiger partial charge in [0.25, 0.3) is 0 Å². The van der Waals surface area contributed by atoms with Crippen LogP contribution in [0.1, 0.15) is 49.7 Å². The lowest BCUT2D eigenvalue weighted by molar-refractivity contribution is 0.0224. The number of methoxy groups -OCH3 is 1. The zero-order chi connectivity index (χ0) is 21.6. The molecule has 0 bridgehead atoms. The Bertz CT molecular complexity index is 1080. The molecule has 7 heteroatoms. The minimum Gasteiger partial charge on any atom is -0.378 e. The fourth-order valence-corrected chi connectivity index (χ4v) is 4.27. The van der Waals surface area contributed by atoms with Gasteiger partial charge in [0, 0.05) is 50.0 Å². The molecule has 3 aromatic rings. The number of aryl methyl sites for hydroxylation is 1. The number of imidazole rings is 1. The highest BCUT2D eigenvalue weighted by atomic mass is 16.5. The molecular weight excluding hydrogens is 390 g/mol. The summed E-state index contributed by atoms with van der Waals surface area (Å²) in [4.78, 5) is 12.3. The molecule has 3 aromatic heterocycles. The molecule has 5 rings (SSSR count). The molecule has 31 heavy (non-hydrogen) atoms. The molecule has 0 aromatic carbocycles. The second kappa shape index (κ2) is 7.88. The van der Waals surface area contributed by atoms with E-state index in [9.17, 15) is 0 Å². The molecule has 164 valence electrons. The van der Waals surface area contributed by atoms with Crippen LogP contribution in [0.15, 0.2) is 24.4 Å². The molecular formula is C24H31N5O2. The van der Waals surface area contributed by atoms with E-state index in [2.05, 4.69) is 43.9 Å². The maximum atomic E-state index is 5.57. The Morgan fingerprint density at radius 1 is 1.19 bits per heavy atom. The first-order valence-electron chi connectivity index (χ1n) is 11.2. The van der Waals surface area contributed by atoms with Crippen LogP contribution in [-0.2, 0) is 15.9 Å². The predicted molar refractivity (Wildman–Crippen MR) is 121 cm³/mol. The van der Waals surface area contributed by atoms with Gasteiger partial charge in [-0.3, -0.25) is 4.98 Å². The van der Waals surface area contributed by atoms with E-state index in [0.29, 0.717) is 5.92 Å². The van der Waals surface area contributed by atoms with Gasteiger partial charge in [0.15, 0.2) is 5.65 Å². The van der Waals surface area contributed by atoms with Gasteiger partial charge < -0.3 is 14.4 Å². The topological polar surface area (TPSA) is 64.8 Å². The van der Waals surface area contributed by atoms with E-state index in [0.717, 1.165) is 72.4 Å². The van der Waals surface area contributed by atoms with Crippen molar-refractivity contribution in [2.45, 2.75) is 51.6 Å². The molecule has 0 spiro atoms. The van der Waals surface area contributed by atoms with E-state index in [1.54, 1.807) is 7.11 Å². The minimum atomic E-state index is -0.233. The molecule has 1 saturated heterocycles. The molecule has 7 nitrogen and oxygen atoms in total. The molecule has 0 N–H and O–H groups in total. The van der Waals surface area contributed by atoms with Crippen LogP contribution >= 0.6 is 0 Å². The van der Waals surface area contributed by atoms with E-state index in [1.165, 1.54) is 12.8 Å². The highest BCUT2D eigenvalue weighted by Gasteiger charge is 2.32. The summed E-state index contributed by atoms with van der Waals surface area (Å²) in [6, 6.07) is 6.41. The summed E-state index contributed by atoms with van der Waals surface area (Å²) in [6.45, 7) is 9.48. The van der Waals surface area contributed by atoms with Gasteiger partial charge in [-0.15, -0.1) is 0 Å². The standard InChI is InChI=1S/C24H31N5O2/c1-16-13-20(28-9-11-31-12-10-28)23-26-21(17-5-6-17)22(29(23)27-16)18-7-8-19(25-15-18)14-24(2,3)30-4/h7-8,13,15,17H,5-6,9-12,14H2,1-4H3. The molecule has 2 aliphatic rings. The van der Waals surface area contributed by atoms with Gasteiger partial charge in [0.2, 0.25) is 0 Å². The van der Waals surface area contributed by atoms with E-state index in [4.69, 9.17) is 24.5 Å². The van der Waals surface area contributed by atoms with Gasteiger partial charge >= 0.3 is 0 Å². The largest absolute Gasteiger partial charge is 0.378 e. The first-order valence-corrected chi connectivity index (χ1v) is 11.2. The van der Waals surface area contributed by atoms with Crippen LogP contribution in [0.25, 0.3) is 16.9 Å². The third-order valence-corrected chi connectivity index (χ3v) is 6.29. The van der Waals surface area contributed by atoms with Crippen molar-refractivity contribution in [3.05, 3.63) is 41.5 Å². The number of pyridine rings is 1. The number of rotatable bonds is 6. The summed E-state index contributed by atoms with van der Waals surface area (Å²) in [6.07, 6.45) is 5.12. The summed E-state index contributed by atoms with van der Waals surface area (Å²) in [5, 5.41) is 4.88. The van der Waals surface area contributed by atoms with Gasteiger partial charge in [0.1, 0.15) is 0 Å². The van der Waals surface area contributed by atoms with Crippen molar-refractivity contribution in [3.8, 4) is 11.3 Å².